The van der Waals surface area contributed by atoms with Gasteiger partial charge in [-0.15, -0.1) is 0 Å². The van der Waals surface area contributed by atoms with Gasteiger partial charge in [0.05, 0.1) is 19.7 Å². The smallest absolute Gasteiger partial charge is 0.409 e. The van der Waals surface area contributed by atoms with Crippen molar-refractivity contribution in [1.29, 1.82) is 0 Å². The average molecular weight is 185 g/mol. The van der Waals surface area contributed by atoms with E-state index in [1.54, 1.807) is 4.90 Å². The molecule has 4 nitrogen and oxygen atoms in total. The number of morpholine rings is 1. The van der Waals surface area contributed by atoms with Crippen molar-refractivity contribution in [3.05, 3.63) is 0 Å². The summed E-state index contributed by atoms with van der Waals surface area (Å²) in [6, 6.07) is 0.252. The van der Waals surface area contributed by atoms with Crippen LogP contribution in [0.25, 0.3) is 0 Å². The molecule has 0 saturated carbocycles. The van der Waals surface area contributed by atoms with Gasteiger partial charge in [0.15, 0.2) is 0 Å². The molecule has 0 N–H and O–H groups in total. The van der Waals surface area contributed by atoms with E-state index in [9.17, 15) is 4.79 Å². The number of amides is 1. The molecule has 0 radical (unpaired) electrons. The number of epoxide rings is 1. The van der Waals surface area contributed by atoms with E-state index in [4.69, 9.17) is 9.47 Å². The van der Waals surface area contributed by atoms with E-state index in [0.29, 0.717) is 12.6 Å². The molecule has 2 saturated heterocycles. The number of hydrogen-bond donors (Lipinski definition) is 0. The Labute approximate surface area is 77.8 Å². The van der Waals surface area contributed by atoms with Gasteiger partial charge < -0.3 is 9.47 Å². The molecule has 13 heavy (non-hydrogen) atoms. The number of rotatable bonds is 2. The van der Waals surface area contributed by atoms with Crippen LogP contribution in [0, 0.1) is 0 Å². The predicted octanol–water partition coefficient (Wildman–Crippen LogP) is 1.00. The van der Waals surface area contributed by atoms with Gasteiger partial charge in [0, 0.05) is 0 Å². The van der Waals surface area contributed by atoms with Crippen molar-refractivity contribution < 1.29 is 14.3 Å². The summed E-state index contributed by atoms with van der Waals surface area (Å²) in [6.45, 7) is 2.83. The molecule has 1 amide bonds. The maximum Gasteiger partial charge on any atom is 0.409 e. The van der Waals surface area contributed by atoms with Crippen molar-refractivity contribution in [2.75, 3.05) is 13.7 Å². The van der Waals surface area contributed by atoms with Crippen molar-refractivity contribution in [3.63, 3.8) is 0 Å². The summed E-state index contributed by atoms with van der Waals surface area (Å²) < 4.78 is 10.1. The predicted molar refractivity (Wildman–Crippen MR) is 46.5 cm³/mol. The molecular formula is C9H15NO3. The van der Waals surface area contributed by atoms with E-state index in [-0.39, 0.29) is 18.2 Å². The molecule has 2 heterocycles. The van der Waals surface area contributed by atoms with Gasteiger partial charge in [0.2, 0.25) is 0 Å². The number of likely N-dealkylation sites (tertiary alicyclic amines) is 1. The number of nitrogens with zero attached hydrogens (tertiary/aromatic N) is 1. The van der Waals surface area contributed by atoms with E-state index in [1.165, 1.54) is 7.11 Å². The zero-order chi connectivity index (χ0) is 9.42. The van der Waals surface area contributed by atoms with Crippen molar-refractivity contribution >= 4 is 6.09 Å². The van der Waals surface area contributed by atoms with Crippen LogP contribution < -0.4 is 0 Å². The minimum Gasteiger partial charge on any atom is -0.453 e. The molecule has 2 aliphatic rings. The summed E-state index contributed by atoms with van der Waals surface area (Å²) in [6.07, 6.45) is 2.45. The Balaban J connectivity index is 1.99. The van der Waals surface area contributed by atoms with Crippen LogP contribution in [0.4, 0.5) is 4.79 Å². The summed E-state index contributed by atoms with van der Waals surface area (Å²) in [4.78, 5) is 13.1. The maximum absolute atomic E-state index is 11.3. The van der Waals surface area contributed by atoms with Crippen LogP contribution in [0.2, 0.25) is 0 Å². The van der Waals surface area contributed by atoms with Crippen molar-refractivity contribution in [1.82, 2.24) is 4.90 Å². The van der Waals surface area contributed by atoms with Crippen molar-refractivity contribution in [2.24, 2.45) is 0 Å². The van der Waals surface area contributed by atoms with E-state index in [2.05, 4.69) is 6.92 Å². The van der Waals surface area contributed by atoms with Crippen LogP contribution in [0.1, 0.15) is 19.8 Å². The standard InChI is InChI=1S/C9H15NO3/c1-3-4-6-8-7(13-8)5-10(6)9(11)12-2/h6-8H,3-5H2,1-2H3/t6-,7+,8-/m0/s1. The second kappa shape index (κ2) is 3.18. The van der Waals surface area contributed by atoms with Gasteiger partial charge in [-0.1, -0.05) is 13.3 Å². The molecule has 3 atom stereocenters. The van der Waals surface area contributed by atoms with Gasteiger partial charge >= 0.3 is 6.09 Å². The first-order valence-electron chi connectivity index (χ1n) is 4.78. The summed E-state index contributed by atoms with van der Waals surface area (Å²) in [5.41, 5.74) is 0. The molecular weight excluding hydrogens is 170 g/mol. The second-order valence-corrected chi connectivity index (χ2v) is 3.62. The third-order valence-electron chi connectivity index (χ3n) is 2.77. The highest BCUT2D eigenvalue weighted by atomic mass is 16.6. The first-order valence-corrected chi connectivity index (χ1v) is 4.78. The molecule has 4 heteroatoms. The molecule has 0 bridgehead atoms. The topological polar surface area (TPSA) is 42.1 Å². The molecule has 0 aromatic rings. The number of carbonyl (C=O) groups excluding carboxylic acids is 1. The van der Waals surface area contributed by atoms with Crippen LogP contribution in [-0.2, 0) is 9.47 Å². The van der Waals surface area contributed by atoms with E-state index < -0.39 is 0 Å². The molecule has 0 unspecified atom stereocenters. The van der Waals surface area contributed by atoms with Gasteiger partial charge in [-0.05, 0) is 6.42 Å². The van der Waals surface area contributed by atoms with Crippen LogP contribution in [-0.4, -0.2) is 42.9 Å². The van der Waals surface area contributed by atoms with Crippen molar-refractivity contribution in [3.8, 4) is 0 Å². The van der Waals surface area contributed by atoms with Crippen molar-refractivity contribution in [2.45, 2.75) is 38.0 Å². The molecule has 2 fully saturated rings. The zero-order valence-corrected chi connectivity index (χ0v) is 8.03. The number of carbonyl (C=O) groups is 1. The second-order valence-electron chi connectivity index (χ2n) is 3.62. The number of ether oxygens (including phenoxy) is 2. The summed E-state index contributed by atoms with van der Waals surface area (Å²) in [5, 5.41) is 0. The molecule has 0 aromatic carbocycles. The quantitative estimate of drug-likeness (QED) is 0.603. The monoisotopic (exact) mass is 185 g/mol. The first kappa shape index (κ1) is 8.81. The van der Waals surface area contributed by atoms with Gasteiger partial charge in [-0.2, -0.15) is 0 Å². The highest BCUT2D eigenvalue weighted by Crippen LogP contribution is 2.38. The molecule has 0 aliphatic carbocycles. The fourth-order valence-corrected chi connectivity index (χ4v) is 2.09. The SMILES string of the molecule is CCC[C@H]1[C@@H]2O[C@@H]2CN1C(=O)OC. The normalized spacial score (nSPS) is 35.8. The number of hydrogen-bond acceptors (Lipinski definition) is 3. The minimum absolute atomic E-state index is 0.214. The fourth-order valence-electron chi connectivity index (χ4n) is 2.09. The fraction of sp³-hybridized carbons (Fsp3) is 0.889. The highest BCUT2D eigenvalue weighted by molar-refractivity contribution is 5.69. The first-order chi connectivity index (χ1) is 6.27. The van der Waals surface area contributed by atoms with E-state index in [1.807, 2.05) is 0 Å². The molecule has 0 aromatic heterocycles. The molecule has 2 rings (SSSR count). The lowest BCUT2D eigenvalue weighted by Gasteiger charge is -2.24. The Morgan fingerprint density at radius 1 is 1.69 bits per heavy atom. The van der Waals surface area contributed by atoms with Gasteiger partial charge in [-0.3, -0.25) is 4.90 Å². The van der Waals surface area contributed by atoms with Crippen LogP contribution in [0.15, 0.2) is 0 Å². The Bertz CT molecular complexity index is 219. The Hall–Kier alpha value is -0.770. The van der Waals surface area contributed by atoms with Crippen LogP contribution in [0.3, 0.4) is 0 Å². The van der Waals surface area contributed by atoms with Crippen LogP contribution in [0.5, 0.6) is 0 Å². The molecule has 2 aliphatic heterocycles. The maximum atomic E-state index is 11.3. The zero-order valence-electron chi connectivity index (χ0n) is 8.03. The Morgan fingerprint density at radius 3 is 3.08 bits per heavy atom. The number of fused-ring (bicyclic) bond motifs is 1. The lowest BCUT2D eigenvalue weighted by Crippen LogP contribution is -2.39. The van der Waals surface area contributed by atoms with E-state index >= 15 is 0 Å². The van der Waals surface area contributed by atoms with Crippen LogP contribution >= 0.6 is 0 Å². The molecule has 0 spiro atoms. The van der Waals surface area contributed by atoms with Gasteiger partial charge in [-0.25, -0.2) is 4.79 Å². The molecule has 74 valence electrons. The Morgan fingerprint density at radius 2 is 2.46 bits per heavy atom. The largest absolute Gasteiger partial charge is 0.453 e. The third-order valence-corrected chi connectivity index (χ3v) is 2.77. The van der Waals surface area contributed by atoms with Gasteiger partial charge in [0.1, 0.15) is 12.2 Å². The minimum atomic E-state index is -0.214. The summed E-state index contributed by atoms with van der Waals surface area (Å²) in [7, 11) is 1.43. The number of methoxy groups -OCH3 is 1. The lowest BCUT2D eigenvalue weighted by atomic mass is 10.1. The summed E-state index contributed by atoms with van der Waals surface area (Å²) in [5.74, 6) is 0. The average Bonchev–Trinajstić information content (AvgIpc) is 2.83. The van der Waals surface area contributed by atoms with E-state index in [0.717, 1.165) is 12.8 Å². The lowest BCUT2D eigenvalue weighted by molar-refractivity contribution is 0.0882. The highest BCUT2D eigenvalue weighted by Gasteiger charge is 2.55. The van der Waals surface area contributed by atoms with Gasteiger partial charge in [0.25, 0.3) is 0 Å². The third kappa shape index (κ3) is 1.39. The summed E-state index contributed by atoms with van der Waals surface area (Å²) >= 11 is 0. The Kier molecular flexibility index (Phi) is 2.15.